The van der Waals surface area contributed by atoms with Crippen LogP contribution in [0, 0.1) is 0 Å². The maximum absolute atomic E-state index is 12.2. The van der Waals surface area contributed by atoms with Crippen molar-refractivity contribution in [1.29, 1.82) is 0 Å². The quantitative estimate of drug-likeness (QED) is 0.391. The van der Waals surface area contributed by atoms with Gasteiger partial charge in [0.25, 0.3) is 0 Å². The van der Waals surface area contributed by atoms with Crippen molar-refractivity contribution < 1.29 is 14.3 Å². The Kier molecular flexibility index (Phi) is 6.81. The molecule has 0 aliphatic rings. The number of benzene rings is 2. The van der Waals surface area contributed by atoms with E-state index >= 15 is 0 Å². The van der Waals surface area contributed by atoms with Gasteiger partial charge in [0.15, 0.2) is 11.5 Å². The first-order valence-electron chi connectivity index (χ1n) is 10.2. The molecular weight excluding hydrogens is 430 g/mol. The number of aromatic nitrogens is 4. The van der Waals surface area contributed by atoms with E-state index in [1.807, 2.05) is 49.4 Å². The standard InChI is InChI=1S/C23H22ClN5O3/c1-2-31-17-9-7-16(8-10-17)15-21(30)25-13-14-32-22-12-11-20-26-27-23(29(20)28-22)18-5-3-4-6-19(18)24/h3-12H,2,13-15H2,1H3,(H,25,30). The molecule has 0 aliphatic heterocycles. The molecule has 0 spiro atoms. The van der Waals surface area contributed by atoms with Gasteiger partial charge in [-0.25, -0.2) is 0 Å². The predicted octanol–water partition coefficient (Wildman–Crippen LogP) is 3.58. The molecule has 1 amide bonds. The summed E-state index contributed by atoms with van der Waals surface area (Å²) in [5.74, 6) is 1.63. The van der Waals surface area contributed by atoms with Crippen LogP contribution in [0.3, 0.4) is 0 Å². The number of hydrogen-bond acceptors (Lipinski definition) is 6. The molecule has 8 nitrogen and oxygen atoms in total. The molecule has 2 aromatic heterocycles. The van der Waals surface area contributed by atoms with Crippen molar-refractivity contribution in [3.63, 3.8) is 0 Å². The Labute approximate surface area is 190 Å². The lowest BCUT2D eigenvalue weighted by atomic mass is 10.1. The van der Waals surface area contributed by atoms with Gasteiger partial charge in [0.1, 0.15) is 12.4 Å². The summed E-state index contributed by atoms with van der Waals surface area (Å²) in [6.07, 6.45) is 0.290. The monoisotopic (exact) mass is 451 g/mol. The summed E-state index contributed by atoms with van der Waals surface area (Å²) in [6.45, 7) is 3.17. The zero-order valence-electron chi connectivity index (χ0n) is 17.5. The Balaban J connectivity index is 1.31. The molecule has 4 rings (SSSR count). The van der Waals surface area contributed by atoms with E-state index < -0.39 is 0 Å². The van der Waals surface area contributed by atoms with Gasteiger partial charge in [-0.3, -0.25) is 4.79 Å². The van der Waals surface area contributed by atoms with Crippen LogP contribution in [0.25, 0.3) is 17.0 Å². The Hall–Kier alpha value is -3.65. The maximum atomic E-state index is 12.2. The summed E-state index contributed by atoms with van der Waals surface area (Å²) in [5.41, 5.74) is 2.22. The van der Waals surface area contributed by atoms with Gasteiger partial charge in [-0.05, 0) is 42.8 Å². The van der Waals surface area contributed by atoms with E-state index in [1.165, 1.54) is 0 Å². The van der Waals surface area contributed by atoms with E-state index in [0.29, 0.717) is 41.9 Å². The molecule has 2 aromatic carbocycles. The van der Waals surface area contributed by atoms with Crippen LogP contribution < -0.4 is 14.8 Å². The van der Waals surface area contributed by atoms with Crippen LogP contribution in [0.15, 0.2) is 60.7 Å². The van der Waals surface area contributed by atoms with Crippen LogP contribution in [-0.4, -0.2) is 45.5 Å². The molecule has 2 heterocycles. The first-order valence-corrected chi connectivity index (χ1v) is 10.6. The molecule has 0 atom stereocenters. The number of hydrogen-bond donors (Lipinski definition) is 1. The third-order valence-corrected chi connectivity index (χ3v) is 4.96. The molecule has 32 heavy (non-hydrogen) atoms. The SMILES string of the molecule is CCOc1ccc(CC(=O)NCCOc2ccc3nnc(-c4ccccc4Cl)n3n2)cc1. The molecule has 0 fully saturated rings. The fourth-order valence-electron chi connectivity index (χ4n) is 3.12. The molecule has 9 heteroatoms. The number of amides is 1. The fourth-order valence-corrected chi connectivity index (χ4v) is 3.34. The van der Waals surface area contributed by atoms with E-state index in [4.69, 9.17) is 21.1 Å². The van der Waals surface area contributed by atoms with Gasteiger partial charge in [0.2, 0.25) is 11.8 Å². The van der Waals surface area contributed by atoms with Crippen molar-refractivity contribution in [3.8, 4) is 23.0 Å². The second kappa shape index (κ2) is 10.1. The smallest absolute Gasteiger partial charge is 0.231 e. The van der Waals surface area contributed by atoms with Crippen LogP contribution in [0.4, 0.5) is 0 Å². The molecule has 0 aliphatic carbocycles. The van der Waals surface area contributed by atoms with E-state index in [0.717, 1.165) is 16.9 Å². The molecule has 4 aromatic rings. The van der Waals surface area contributed by atoms with E-state index in [2.05, 4.69) is 20.6 Å². The summed E-state index contributed by atoms with van der Waals surface area (Å²) in [6, 6.07) is 18.3. The highest BCUT2D eigenvalue weighted by Gasteiger charge is 2.13. The molecule has 164 valence electrons. The highest BCUT2D eigenvalue weighted by Crippen LogP contribution is 2.26. The molecule has 0 saturated carbocycles. The molecule has 1 N–H and O–H groups in total. The highest BCUT2D eigenvalue weighted by atomic mass is 35.5. The van der Waals surface area contributed by atoms with Gasteiger partial charge in [-0.1, -0.05) is 35.9 Å². The van der Waals surface area contributed by atoms with Gasteiger partial charge in [-0.15, -0.1) is 15.3 Å². The van der Waals surface area contributed by atoms with Crippen LogP contribution in [0.5, 0.6) is 11.6 Å². The number of nitrogens with one attached hydrogen (secondary N) is 1. The van der Waals surface area contributed by atoms with Crippen LogP contribution >= 0.6 is 11.6 Å². The van der Waals surface area contributed by atoms with Crippen LogP contribution in [-0.2, 0) is 11.2 Å². The van der Waals surface area contributed by atoms with E-state index in [9.17, 15) is 4.79 Å². The van der Waals surface area contributed by atoms with Crippen molar-refractivity contribution in [1.82, 2.24) is 25.1 Å². The summed E-state index contributed by atoms with van der Waals surface area (Å²) in [7, 11) is 0. The normalized spacial score (nSPS) is 10.8. The first kappa shape index (κ1) is 21.6. The molecule has 0 radical (unpaired) electrons. The van der Waals surface area contributed by atoms with Gasteiger partial charge in [0.05, 0.1) is 24.6 Å². The lowest BCUT2D eigenvalue weighted by molar-refractivity contribution is -0.120. The first-order chi connectivity index (χ1) is 15.6. The second-order valence-corrected chi connectivity index (χ2v) is 7.30. The van der Waals surface area contributed by atoms with Crippen molar-refractivity contribution >= 4 is 23.2 Å². The van der Waals surface area contributed by atoms with E-state index in [-0.39, 0.29) is 12.5 Å². The lowest BCUT2D eigenvalue weighted by Gasteiger charge is -2.08. The van der Waals surface area contributed by atoms with Crippen LogP contribution in [0.1, 0.15) is 12.5 Å². The number of halogens is 1. The Morgan fingerprint density at radius 1 is 1.03 bits per heavy atom. The molecule has 0 unspecified atom stereocenters. The zero-order chi connectivity index (χ0) is 22.3. The van der Waals surface area contributed by atoms with Crippen molar-refractivity contribution in [2.45, 2.75) is 13.3 Å². The summed E-state index contributed by atoms with van der Waals surface area (Å²) >= 11 is 6.28. The average Bonchev–Trinajstić information content (AvgIpc) is 3.22. The van der Waals surface area contributed by atoms with Gasteiger partial charge < -0.3 is 14.8 Å². The van der Waals surface area contributed by atoms with Gasteiger partial charge >= 0.3 is 0 Å². The van der Waals surface area contributed by atoms with Crippen molar-refractivity contribution in [2.24, 2.45) is 0 Å². The minimum absolute atomic E-state index is 0.0824. The van der Waals surface area contributed by atoms with Gasteiger partial charge in [-0.2, -0.15) is 4.52 Å². The minimum atomic E-state index is -0.0824. The summed E-state index contributed by atoms with van der Waals surface area (Å²) < 4.78 is 12.7. The Morgan fingerprint density at radius 2 is 1.84 bits per heavy atom. The summed E-state index contributed by atoms with van der Waals surface area (Å²) in [5, 5.41) is 16.2. The van der Waals surface area contributed by atoms with Crippen molar-refractivity contribution in [3.05, 3.63) is 71.2 Å². The number of nitrogens with zero attached hydrogens (tertiary/aromatic N) is 4. The predicted molar refractivity (Wildman–Crippen MR) is 121 cm³/mol. The Morgan fingerprint density at radius 3 is 2.62 bits per heavy atom. The summed E-state index contributed by atoms with van der Waals surface area (Å²) in [4.78, 5) is 12.2. The fraction of sp³-hybridized carbons (Fsp3) is 0.217. The minimum Gasteiger partial charge on any atom is -0.494 e. The Bertz CT molecular complexity index is 1210. The average molecular weight is 452 g/mol. The number of fused-ring (bicyclic) bond motifs is 1. The zero-order valence-corrected chi connectivity index (χ0v) is 18.2. The van der Waals surface area contributed by atoms with Gasteiger partial charge in [0, 0.05) is 11.6 Å². The van der Waals surface area contributed by atoms with Crippen LogP contribution in [0.2, 0.25) is 5.02 Å². The third-order valence-electron chi connectivity index (χ3n) is 4.63. The second-order valence-electron chi connectivity index (χ2n) is 6.90. The number of rotatable bonds is 9. The molecule has 0 bridgehead atoms. The number of ether oxygens (including phenoxy) is 2. The van der Waals surface area contributed by atoms with E-state index in [1.54, 1.807) is 22.7 Å². The third kappa shape index (κ3) is 5.15. The topological polar surface area (TPSA) is 90.6 Å². The number of carbonyl (C=O) groups is 1. The molecular formula is C23H22ClN5O3. The largest absolute Gasteiger partial charge is 0.494 e. The lowest BCUT2D eigenvalue weighted by Crippen LogP contribution is -2.29. The number of carbonyl (C=O) groups excluding carboxylic acids is 1. The molecule has 0 saturated heterocycles. The van der Waals surface area contributed by atoms with Crippen molar-refractivity contribution in [2.75, 3.05) is 19.8 Å². The highest BCUT2D eigenvalue weighted by molar-refractivity contribution is 6.33. The maximum Gasteiger partial charge on any atom is 0.231 e.